The zero-order chi connectivity index (χ0) is 18.0. The minimum Gasteiger partial charge on any atom is -0.406 e. The van der Waals surface area contributed by atoms with Crippen molar-refractivity contribution in [2.24, 2.45) is 11.8 Å². The molecule has 2 saturated heterocycles. The van der Waals surface area contributed by atoms with Crippen molar-refractivity contribution in [3.63, 3.8) is 0 Å². The van der Waals surface area contributed by atoms with Crippen LogP contribution in [0.1, 0.15) is 24.9 Å². The molecule has 8 heteroatoms. The van der Waals surface area contributed by atoms with Crippen LogP contribution in [-0.2, 0) is 0 Å². The Hall–Kier alpha value is -1.38. The monoisotopic (exact) mass is 361 g/mol. The molecule has 0 radical (unpaired) electrons. The normalized spacial score (nSPS) is 33.9. The fourth-order valence-electron chi connectivity index (χ4n) is 3.51. The SMILES string of the molecule is CC1CNC(C2CNC(c3ccc(OC(F)(F)F)cc3)C(F)C2)NC1. The predicted molar refractivity (Wildman–Crippen MR) is 85.8 cm³/mol. The zero-order valence-corrected chi connectivity index (χ0v) is 13.9. The van der Waals surface area contributed by atoms with Gasteiger partial charge in [0.25, 0.3) is 0 Å². The van der Waals surface area contributed by atoms with E-state index in [1.807, 2.05) is 0 Å². The van der Waals surface area contributed by atoms with Gasteiger partial charge in [-0.05, 0) is 30.0 Å². The van der Waals surface area contributed by atoms with Crippen molar-refractivity contribution in [3.8, 4) is 5.75 Å². The van der Waals surface area contributed by atoms with Crippen molar-refractivity contribution in [1.82, 2.24) is 16.0 Å². The Balaban J connectivity index is 1.58. The summed E-state index contributed by atoms with van der Waals surface area (Å²) in [6.45, 7) is 4.62. The molecule has 3 unspecified atom stereocenters. The highest BCUT2D eigenvalue weighted by molar-refractivity contribution is 5.30. The standard InChI is InChI=1S/C17H23F4N3O/c1-10-7-23-16(24-8-10)12-6-14(18)15(22-9-12)11-2-4-13(5-3-11)25-17(19,20)21/h2-5,10,12,14-16,22-24H,6-9H2,1H3. The topological polar surface area (TPSA) is 45.3 Å². The third kappa shape index (κ3) is 4.83. The van der Waals surface area contributed by atoms with Gasteiger partial charge in [-0.15, -0.1) is 13.2 Å². The van der Waals surface area contributed by atoms with Crippen LogP contribution in [0.2, 0.25) is 0 Å². The van der Waals surface area contributed by atoms with Crippen LogP contribution in [0.5, 0.6) is 5.75 Å². The second-order valence-electron chi connectivity index (χ2n) is 6.91. The van der Waals surface area contributed by atoms with Gasteiger partial charge in [0.2, 0.25) is 0 Å². The maximum Gasteiger partial charge on any atom is 0.573 e. The van der Waals surface area contributed by atoms with E-state index in [2.05, 4.69) is 27.6 Å². The Morgan fingerprint density at radius 3 is 2.20 bits per heavy atom. The number of piperidine rings is 1. The summed E-state index contributed by atoms with van der Waals surface area (Å²) in [7, 11) is 0. The summed E-state index contributed by atoms with van der Waals surface area (Å²) in [5.74, 6) is 0.385. The maximum absolute atomic E-state index is 14.7. The van der Waals surface area contributed by atoms with Gasteiger partial charge >= 0.3 is 6.36 Å². The van der Waals surface area contributed by atoms with E-state index >= 15 is 0 Å². The number of ether oxygens (including phenoxy) is 1. The highest BCUT2D eigenvalue weighted by atomic mass is 19.4. The largest absolute Gasteiger partial charge is 0.573 e. The second-order valence-corrected chi connectivity index (χ2v) is 6.91. The highest BCUT2D eigenvalue weighted by Crippen LogP contribution is 2.32. The van der Waals surface area contributed by atoms with Gasteiger partial charge < -0.3 is 20.7 Å². The van der Waals surface area contributed by atoms with E-state index in [1.54, 1.807) is 0 Å². The Morgan fingerprint density at radius 2 is 1.64 bits per heavy atom. The average Bonchev–Trinajstić information content (AvgIpc) is 2.55. The quantitative estimate of drug-likeness (QED) is 0.725. The van der Waals surface area contributed by atoms with Crippen LogP contribution in [0.3, 0.4) is 0 Å². The van der Waals surface area contributed by atoms with Crippen LogP contribution < -0.4 is 20.7 Å². The third-order valence-corrected chi connectivity index (χ3v) is 4.81. The molecule has 1 aromatic carbocycles. The number of halogens is 4. The summed E-state index contributed by atoms with van der Waals surface area (Å²) in [6, 6.07) is 4.87. The molecule has 140 valence electrons. The molecule has 0 amide bonds. The van der Waals surface area contributed by atoms with E-state index < -0.39 is 18.6 Å². The lowest BCUT2D eigenvalue weighted by Gasteiger charge is -2.40. The van der Waals surface area contributed by atoms with Crippen LogP contribution >= 0.6 is 0 Å². The summed E-state index contributed by atoms with van der Waals surface area (Å²) in [6.07, 6.45) is -5.34. The third-order valence-electron chi connectivity index (χ3n) is 4.81. The first-order chi connectivity index (χ1) is 11.8. The van der Waals surface area contributed by atoms with Crippen molar-refractivity contribution in [2.75, 3.05) is 19.6 Å². The molecule has 1 aromatic rings. The summed E-state index contributed by atoms with van der Waals surface area (Å²) < 4.78 is 55.1. The fraction of sp³-hybridized carbons (Fsp3) is 0.647. The molecule has 3 rings (SSSR count). The first kappa shape index (κ1) is 18.4. The first-order valence-electron chi connectivity index (χ1n) is 8.52. The van der Waals surface area contributed by atoms with Gasteiger partial charge in [-0.3, -0.25) is 0 Å². The van der Waals surface area contributed by atoms with E-state index in [0.29, 0.717) is 24.4 Å². The molecule has 0 aliphatic carbocycles. The molecule has 2 aliphatic heterocycles. The van der Waals surface area contributed by atoms with Crippen LogP contribution in [-0.4, -0.2) is 38.3 Å². The minimum absolute atomic E-state index is 0.0884. The summed E-state index contributed by atoms with van der Waals surface area (Å²) >= 11 is 0. The lowest BCUT2D eigenvalue weighted by Crippen LogP contribution is -2.59. The smallest absolute Gasteiger partial charge is 0.406 e. The minimum atomic E-state index is -4.72. The first-order valence-corrected chi connectivity index (χ1v) is 8.52. The molecule has 3 atom stereocenters. The van der Waals surface area contributed by atoms with Crippen LogP contribution in [0.15, 0.2) is 24.3 Å². The van der Waals surface area contributed by atoms with Gasteiger partial charge in [0.15, 0.2) is 0 Å². The molecule has 25 heavy (non-hydrogen) atoms. The van der Waals surface area contributed by atoms with Crippen molar-refractivity contribution in [2.45, 2.75) is 38.1 Å². The predicted octanol–water partition coefficient (Wildman–Crippen LogP) is 2.73. The van der Waals surface area contributed by atoms with Gasteiger partial charge in [0.1, 0.15) is 11.9 Å². The molecule has 0 aromatic heterocycles. The molecular formula is C17H23F4N3O. The number of rotatable bonds is 3. The second kappa shape index (κ2) is 7.47. The Bertz CT molecular complexity index is 558. The van der Waals surface area contributed by atoms with E-state index in [0.717, 1.165) is 13.1 Å². The number of benzene rings is 1. The average molecular weight is 361 g/mol. The zero-order valence-electron chi connectivity index (χ0n) is 13.9. The van der Waals surface area contributed by atoms with Crippen molar-refractivity contribution >= 4 is 0 Å². The number of nitrogens with one attached hydrogen (secondary N) is 3. The molecular weight excluding hydrogens is 338 g/mol. The van der Waals surface area contributed by atoms with Crippen molar-refractivity contribution in [3.05, 3.63) is 29.8 Å². The van der Waals surface area contributed by atoms with Crippen LogP contribution in [0.25, 0.3) is 0 Å². The van der Waals surface area contributed by atoms with Crippen LogP contribution in [0.4, 0.5) is 17.6 Å². The maximum atomic E-state index is 14.7. The van der Waals surface area contributed by atoms with E-state index in [4.69, 9.17) is 0 Å². The molecule has 2 heterocycles. The van der Waals surface area contributed by atoms with Gasteiger partial charge in [-0.2, -0.15) is 0 Å². The Labute approximate surface area is 144 Å². The lowest BCUT2D eigenvalue weighted by molar-refractivity contribution is -0.274. The number of hydrogen-bond acceptors (Lipinski definition) is 4. The van der Waals surface area contributed by atoms with E-state index in [1.165, 1.54) is 24.3 Å². The molecule has 0 spiro atoms. The lowest BCUT2D eigenvalue weighted by atomic mass is 9.86. The Kier molecular flexibility index (Phi) is 5.50. The summed E-state index contributed by atoms with van der Waals surface area (Å²) in [5, 5.41) is 10.00. The molecule has 2 fully saturated rings. The molecule has 0 bridgehead atoms. The van der Waals surface area contributed by atoms with Gasteiger partial charge in [-0.1, -0.05) is 19.1 Å². The summed E-state index contributed by atoms with van der Waals surface area (Å²) in [4.78, 5) is 0. The fourth-order valence-corrected chi connectivity index (χ4v) is 3.51. The van der Waals surface area contributed by atoms with Gasteiger partial charge in [0.05, 0.1) is 12.2 Å². The van der Waals surface area contributed by atoms with Gasteiger partial charge in [0, 0.05) is 25.6 Å². The summed E-state index contributed by atoms with van der Waals surface area (Å²) in [5.41, 5.74) is 0.624. The number of alkyl halides is 4. The van der Waals surface area contributed by atoms with Crippen molar-refractivity contribution < 1.29 is 22.3 Å². The van der Waals surface area contributed by atoms with Crippen molar-refractivity contribution in [1.29, 1.82) is 0 Å². The van der Waals surface area contributed by atoms with Gasteiger partial charge in [-0.25, -0.2) is 4.39 Å². The Morgan fingerprint density at radius 1 is 1.00 bits per heavy atom. The number of hydrogen-bond donors (Lipinski definition) is 3. The molecule has 3 N–H and O–H groups in total. The van der Waals surface area contributed by atoms with E-state index in [-0.39, 0.29) is 17.8 Å². The highest BCUT2D eigenvalue weighted by Gasteiger charge is 2.36. The molecule has 4 nitrogen and oxygen atoms in total. The van der Waals surface area contributed by atoms with Crippen LogP contribution in [0, 0.1) is 11.8 Å². The molecule has 2 aliphatic rings. The molecule has 0 saturated carbocycles. The van der Waals surface area contributed by atoms with E-state index in [9.17, 15) is 17.6 Å².